The van der Waals surface area contributed by atoms with Crippen LogP contribution in [-0.2, 0) is 4.79 Å². The third-order valence-corrected chi connectivity index (χ3v) is 2.96. The van der Waals surface area contributed by atoms with Crippen molar-refractivity contribution in [3.8, 4) is 0 Å². The predicted octanol–water partition coefficient (Wildman–Crippen LogP) is -0.565. The van der Waals surface area contributed by atoms with Crippen molar-refractivity contribution >= 4 is 23.8 Å². The van der Waals surface area contributed by atoms with Crippen molar-refractivity contribution < 1.29 is 4.79 Å². The number of hydrogen-bond acceptors (Lipinski definition) is 7. The Balaban J connectivity index is 2.26. The molecule has 8 heteroatoms. The van der Waals surface area contributed by atoms with E-state index in [0.29, 0.717) is 17.8 Å². The molecule has 0 bridgehead atoms. The molecule has 1 saturated heterocycles. The van der Waals surface area contributed by atoms with E-state index < -0.39 is 5.91 Å². The monoisotopic (exact) mass is 265 g/mol. The number of nitrogens with zero attached hydrogens (tertiary/aromatic N) is 5. The van der Waals surface area contributed by atoms with Crippen LogP contribution < -0.4 is 20.9 Å². The second-order valence-electron chi connectivity index (χ2n) is 4.53. The highest BCUT2D eigenvalue weighted by Gasteiger charge is 2.18. The van der Waals surface area contributed by atoms with Crippen molar-refractivity contribution in [3.63, 3.8) is 0 Å². The van der Waals surface area contributed by atoms with Crippen molar-refractivity contribution in [1.82, 2.24) is 15.0 Å². The minimum absolute atomic E-state index is 0.0760. The minimum Gasteiger partial charge on any atom is -0.368 e. The van der Waals surface area contributed by atoms with Crippen molar-refractivity contribution in [3.05, 3.63) is 0 Å². The van der Waals surface area contributed by atoms with Crippen LogP contribution in [0, 0.1) is 0 Å². The second kappa shape index (κ2) is 5.68. The molecular formula is C11H19N7O. The first-order valence-electron chi connectivity index (χ1n) is 6.28. The molecule has 1 aliphatic heterocycles. The standard InChI is InChI=1S/C11H19N7O/c1-13-9-14-10(17(2)7-8(12)19)16-11(15-9)18-5-3-4-6-18/h3-7H2,1-2H3,(H2,12,19)(H,13,14,15,16). The zero-order chi connectivity index (χ0) is 13.8. The molecule has 0 radical (unpaired) electrons. The van der Waals surface area contributed by atoms with Crippen molar-refractivity contribution in [2.75, 3.05) is 48.8 Å². The molecule has 2 heterocycles. The van der Waals surface area contributed by atoms with E-state index >= 15 is 0 Å². The van der Waals surface area contributed by atoms with Crippen LogP contribution >= 0.6 is 0 Å². The number of nitrogens with one attached hydrogen (secondary N) is 1. The number of carbonyl (C=O) groups is 1. The number of rotatable bonds is 5. The molecule has 0 saturated carbocycles. The Morgan fingerprint density at radius 3 is 2.63 bits per heavy atom. The molecule has 1 aliphatic rings. The molecule has 0 unspecified atom stereocenters. The van der Waals surface area contributed by atoms with Gasteiger partial charge in [-0.2, -0.15) is 15.0 Å². The van der Waals surface area contributed by atoms with Gasteiger partial charge in [0.1, 0.15) is 0 Å². The number of anilines is 3. The van der Waals surface area contributed by atoms with Gasteiger partial charge in [0, 0.05) is 27.2 Å². The van der Waals surface area contributed by atoms with Crippen LogP contribution in [0.2, 0.25) is 0 Å². The normalized spacial score (nSPS) is 14.5. The van der Waals surface area contributed by atoms with Crippen LogP contribution in [0.15, 0.2) is 0 Å². The summed E-state index contributed by atoms with van der Waals surface area (Å²) in [4.78, 5) is 27.7. The summed E-state index contributed by atoms with van der Waals surface area (Å²) in [5.41, 5.74) is 5.18. The molecule has 104 valence electrons. The largest absolute Gasteiger partial charge is 0.368 e. The van der Waals surface area contributed by atoms with Gasteiger partial charge in [-0.25, -0.2) is 0 Å². The number of amides is 1. The highest BCUT2D eigenvalue weighted by atomic mass is 16.1. The Morgan fingerprint density at radius 1 is 1.37 bits per heavy atom. The summed E-state index contributed by atoms with van der Waals surface area (Å²) in [6, 6.07) is 0. The Kier molecular flexibility index (Phi) is 3.98. The van der Waals surface area contributed by atoms with Crippen LogP contribution in [0.25, 0.3) is 0 Å². The molecule has 8 nitrogen and oxygen atoms in total. The smallest absolute Gasteiger partial charge is 0.237 e. The van der Waals surface area contributed by atoms with Gasteiger partial charge in [0.25, 0.3) is 0 Å². The number of likely N-dealkylation sites (N-methyl/N-ethyl adjacent to an activating group) is 1. The van der Waals surface area contributed by atoms with E-state index in [1.165, 1.54) is 0 Å². The summed E-state index contributed by atoms with van der Waals surface area (Å²) in [5.74, 6) is 1.16. The first-order chi connectivity index (χ1) is 9.10. The fourth-order valence-corrected chi connectivity index (χ4v) is 2.00. The van der Waals surface area contributed by atoms with Gasteiger partial charge in [0.2, 0.25) is 23.8 Å². The summed E-state index contributed by atoms with van der Waals surface area (Å²) in [7, 11) is 3.48. The van der Waals surface area contributed by atoms with Gasteiger partial charge in [0.05, 0.1) is 6.54 Å². The van der Waals surface area contributed by atoms with Crippen LogP contribution in [0.5, 0.6) is 0 Å². The number of nitrogens with two attached hydrogens (primary N) is 1. The number of carbonyl (C=O) groups excluding carboxylic acids is 1. The highest BCUT2D eigenvalue weighted by molar-refractivity contribution is 5.78. The Labute approximate surface area is 112 Å². The summed E-state index contributed by atoms with van der Waals surface area (Å²) in [6.45, 7) is 1.98. The molecule has 3 N–H and O–H groups in total. The Hall–Kier alpha value is -2.12. The van der Waals surface area contributed by atoms with E-state index in [-0.39, 0.29) is 6.54 Å². The van der Waals surface area contributed by atoms with Gasteiger partial charge in [-0.15, -0.1) is 0 Å². The van der Waals surface area contributed by atoms with Gasteiger partial charge < -0.3 is 20.9 Å². The molecule has 0 atom stereocenters. The predicted molar refractivity (Wildman–Crippen MR) is 73.3 cm³/mol. The lowest BCUT2D eigenvalue weighted by molar-refractivity contribution is -0.116. The third kappa shape index (κ3) is 3.21. The average Bonchev–Trinajstić information content (AvgIpc) is 2.91. The van der Waals surface area contributed by atoms with Crippen molar-refractivity contribution in [2.45, 2.75) is 12.8 Å². The van der Waals surface area contributed by atoms with E-state index in [1.54, 1.807) is 19.0 Å². The van der Waals surface area contributed by atoms with Gasteiger partial charge in [0.15, 0.2) is 0 Å². The average molecular weight is 265 g/mol. The lowest BCUT2D eigenvalue weighted by Crippen LogP contribution is -2.32. The van der Waals surface area contributed by atoms with Crippen LogP contribution in [-0.4, -0.2) is 54.6 Å². The highest BCUT2D eigenvalue weighted by Crippen LogP contribution is 2.19. The zero-order valence-electron chi connectivity index (χ0n) is 11.3. The molecule has 19 heavy (non-hydrogen) atoms. The Morgan fingerprint density at radius 2 is 2.05 bits per heavy atom. The molecule has 0 aromatic carbocycles. The first-order valence-corrected chi connectivity index (χ1v) is 6.28. The fraction of sp³-hybridized carbons (Fsp3) is 0.636. The second-order valence-corrected chi connectivity index (χ2v) is 4.53. The molecule has 2 rings (SSSR count). The number of hydrogen-bond donors (Lipinski definition) is 2. The molecular weight excluding hydrogens is 246 g/mol. The lowest BCUT2D eigenvalue weighted by Gasteiger charge is -2.20. The van der Waals surface area contributed by atoms with E-state index in [4.69, 9.17) is 5.73 Å². The SMILES string of the molecule is CNc1nc(N(C)CC(N)=O)nc(N2CCCC2)n1. The van der Waals surface area contributed by atoms with Crippen LogP contribution in [0.3, 0.4) is 0 Å². The molecule has 0 spiro atoms. The van der Waals surface area contributed by atoms with E-state index in [2.05, 4.69) is 25.2 Å². The van der Waals surface area contributed by atoms with Gasteiger partial charge in [-0.1, -0.05) is 0 Å². The third-order valence-electron chi connectivity index (χ3n) is 2.96. The minimum atomic E-state index is -0.420. The maximum atomic E-state index is 11.0. The first kappa shape index (κ1) is 13.3. The van der Waals surface area contributed by atoms with Gasteiger partial charge in [-0.05, 0) is 12.8 Å². The molecule has 1 aromatic rings. The Bertz CT molecular complexity index is 458. The molecule has 1 amide bonds. The maximum Gasteiger partial charge on any atom is 0.237 e. The van der Waals surface area contributed by atoms with Gasteiger partial charge >= 0.3 is 0 Å². The van der Waals surface area contributed by atoms with E-state index in [1.807, 2.05) is 0 Å². The van der Waals surface area contributed by atoms with E-state index in [0.717, 1.165) is 25.9 Å². The van der Waals surface area contributed by atoms with Crippen molar-refractivity contribution in [1.29, 1.82) is 0 Å². The molecule has 0 aliphatic carbocycles. The lowest BCUT2D eigenvalue weighted by atomic mass is 10.4. The number of primary amides is 1. The van der Waals surface area contributed by atoms with Crippen molar-refractivity contribution in [2.24, 2.45) is 5.73 Å². The summed E-state index contributed by atoms with van der Waals surface area (Å²) < 4.78 is 0. The zero-order valence-corrected chi connectivity index (χ0v) is 11.3. The summed E-state index contributed by atoms with van der Waals surface area (Å²) in [6.07, 6.45) is 2.29. The molecule has 1 aromatic heterocycles. The van der Waals surface area contributed by atoms with Gasteiger partial charge in [-0.3, -0.25) is 4.79 Å². The van der Waals surface area contributed by atoms with Crippen LogP contribution in [0.4, 0.5) is 17.8 Å². The van der Waals surface area contributed by atoms with Crippen LogP contribution in [0.1, 0.15) is 12.8 Å². The number of aromatic nitrogens is 3. The van der Waals surface area contributed by atoms with E-state index in [9.17, 15) is 4.79 Å². The summed E-state index contributed by atoms with van der Waals surface area (Å²) in [5, 5.41) is 2.91. The quantitative estimate of drug-likeness (QED) is 0.735. The maximum absolute atomic E-state index is 11.0. The molecule has 1 fully saturated rings. The fourth-order valence-electron chi connectivity index (χ4n) is 2.00. The topological polar surface area (TPSA) is 100 Å². The summed E-state index contributed by atoms with van der Waals surface area (Å²) >= 11 is 0.